The van der Waals surface area contributed by atoms with Gasteiger partial charge in [-0.25, -0.2) is 0 Å². The third kappa shape index (κ3) is 3.09. The molecule has 0 unspecified atom stereocenters. The van der Waals surface area contributed by atoms with Gasteiger partial charge in [0, 0.05) is 12.8 Å². The topological polar surface area (TPSA) is 57.5 Å². The van der Waals surface area contributed by atoms with E-state index < -0.39 is 17.0 Å². The van der Waals surface area contributed by atoms with Crippen molar-refractivity contribution in [3.05, 3.63) is 25.3 Å². The molecular formula is C11H18O3. The summed E-state index contributed by atoms with van der Waals surface area (Å²) in [5.74, 6) is -0.607. The van der Waals surface area contributed by atoms with Gasteiger partial charge in [-0.05, 0) is 13.8 Å². The molecule has 0 bridgehead atoms. The van der Waals surface area contributed by atoms with Gasteiger partial charge in [-0.15, -0.1) is 13.2 Å². The molecule has 3 heteroatoms. The van der Waals surface area contributed by atoms with E-state index in [1.54, 1.807) is 0 Å². The number of rotatable bonds is 6. The molecule has 0 amide bonds. The van der Waals surface area contributed by atoms with E-state index in [0.717, 1.165) is 0 Å². The Hall–Kier alpha value is -0.930. The minimum absolute atomic E-state index is 0.124. The molecule has 2 N–H and O–H groups in total. The fraction of sp³-hybridized carbons (Fsp3) is 0.545. The first kappa shape index (κ1) is 13.1. The molecule has 2 atom stereocenters. The minimum Gasteiger partial charge on any atom is -0.382 e. The maximum Gasteiger partial charge on any atom is 0.195 e. The average molecular weight is 198 g/mol. The van der Waals surface area contributed by atoms with Crippen LogP contribution in [0.15, 0.2) is 25.3 Å². The van der Waals surface area contributed by atoms with E-state index in [4.69, 9.17) is 0 Å². The van der Waals surface area contributed by atoms with Gasteiger partial charge in [0.2, 0.25) is 0 Å². The van der Waals surface area contributed by atoms with Gasteiger partial charge >= 0.3 is 0 Å². The Kier molecular flexibility index (Phi) is 4.23. The molecule has 0 aromatic heterocycles. The molecule has 0 radical (unpaired) electrons. The van der Waals surface area contributed by atoms with Gasteiger partial charge in [-0.3, -0.25) is 4.79 Å². The lowest BCUT2D eigenvalue weighted by Crippen LogP contribution is -2.49. The zero-order valence-electron chi connectivity index (χ0n) is 8.79. The van der Waals surface area contributed by atoms with Crippen LogP contribution in [0.3, 0.4) is 0 Å². The Morgan fingerprint density at radius 1 is 1.14 bits per heavy atom. The fourth-order valence-electron chi connectivity index (χ4n) is 1.33. The predicted octanol–water partition coefficient (Wildman–Crippen LogP) is 1.21. The quantitative estimate of drug-likeness (QED) is 0.631. The summed E-state index contributed by atoms with van der Waals surface area (Å²) < 4.78 is 0. The molecule has 80 valence electrons. The van der Waals surface area contributed by atoms with Crippen molar-refractivity contribution in [1.29, 1.82) is 0 Å². The molecule has 0 aliphatic carbocycles. The third-order valence-corrected chi connectivity index (χ3v) is 2.06. The van der Waals surface area contributed by atoms with Crippen LogP contribution in [0.2, 0.25) is 0 Å². The lowest BCUT2D eigenvalue weighted by molar-refractivity contribution is -0.153. The first-order valence-corrected chi connectivity index (χ1v) is 4.49. The van der Waals surface area contributed by atoms with E-state index in [2.05, 4.69) is 13.2 Å². The van der Waals surface area contributed by atoms with Gasteiger partial charge < -0.3 is 10.2 Å². The van der Waals surface area contributed by atoms with Crippen molar-refractivity contribution in [2.24, 2.45) is 0 Å². The van der Waals surface area contributed by atoms with E-state index in [-0.39, 0.29) is 12.8 Å². The molecule has 0 spiro atoms. The summed E-state index contributed by atoms with van der Waals surface area (Å²) in [5, 5.41) is 19.5. The highest BCUT2D eigenvalue weighted by atomic mass is 16.3. The van der Waals surface area contributed by atoms with Crippen LogP contribution < -0.4 is 0 Å². The van der Waals surface area contributed by atoms with Crippen LogP contribution in [-0.4, -0.2) is 27.2 Å². The molecule has 3 nitrogen and oxygen atoms in total. The summed E-state index contributed by atoms with van der Waals surface area (Å²) in [5.41, 5.74) is -3.12. The van der Waals surface area contributed by atoms with Crippen LogP contribution in [0.5, 0.6) is 0 Å². The summed E-state index contributed by atoms with van der Waals surface area (Å²) in [6, 6.07) is 0. The third-order valence-electron chi connectivity index (χ3n) is 2.06. The van der Waals surface area contributed by atoms with Gasteiger partial charge in [0.1, 0.15) is 11.2 Å². The van der Waals surface area contributed by atoms with Crippen LogP contribution in [0, 0.1) is 0 Å². The molecule has 0 rings (SSSR count). The lowest BCUT2D eigenvalue weighted by Gasteiger charge is -2.29. The van der Waals surface area contributed by atoms with E-state index in [9.17, 15) is 15.0 Å². The van der Waals surface area contributed by atoms with E-state index in [1.165, 1.54) is 26.0 Å². The summed E-state index contributed by atoms with van der Waals surface area (Å²) >= 11 is 0. The van der Waals surface area contributed by atoms with Gasteiger partial charge in [0.05, 0.1) is 0 Å². The second-order valence-electron chi connectivity index (χ2n) is 3.86. The smallest absolute Gasteiger partial charge is 0.195 e. The van der Waals surface area contributed by atoms with Crippen molar-refractivity contribution in [2.75, 3.05) is 0 Å². The monoisotopic (exact) mass is 198 g/mol. The molecule has 0 fully saturated rings. The van der Waals surface area contributed by atoms with Crippen molar-refractivity contribution in [3.63, 3.8) is 0 Å². The molecule has 14 heavy (non-hydrogen) atoms. The van der Waals surface area contributed by atoms with Gasteiger partial charge in [0.25, 0.3) is 0 Å². The molecule has 0 saturated heterocycles. The van der Waals surface area contributed by atoms with Crippen LogP contribution in [0.1, 0.15) is 26.7 Å². The molecule has 0 saturated carbocycles. The van der Waals surface area contributed by atoms with Crippen molar-refractivity contribution in [1.82, 2.24) is 0 Å². The van der Waals surface area contributed by atoms with Crippen molar-refractivity contribution in [2.45, 2.75) is 37.9 Å². The summed E-state index contributed by atoms with van der Waals surface area (Å²) in [6.07, 6.45) is 3.14. The highest BCUT2D eigenvalue weighted by Crippen LogP contribution is 2.22. The standard InChI is InChI=1S/C11H18O3/c1-5-7-10(3,13)9(12)11(4,14)8-6-2/h5-6,13-14H,1-2,7-8H2,3-4H3/t10-,11-/m0/s1. The van der Waals surface area contributed by atoms with Crippen molar-refractivity contribution >= 4 is 5.78 Å². The SMILES string of the molecule is C=CC[C@](C)(O)C(=O)[C@@](C)(O)CC=C. The van der Waals surface area contributed by atoms with E-state index >= 15 is 0 Å². The number of aliphatic hydroxyl groups is 2. The highest BCUT2D eigenvalue weighted by Gasteiger charge is 2.41. The Balaban J connectivity index is 4.74. The lowest BCUT2D eigenvalue weighted by atomic mass is 9.84. The Labute approximate surface area is 84.8 Å². The van der Waals surface area contributed by atoms with Crippen molar-refractivity contribution < 1.29 is 15.0 Å². The maximum atomic E-state index is 11.7. The zero-order valence-corrected chi connectivity index (χ0v) is 8.79. The first-order chi connectivity index (χ1) is 6.28. The molecule has 0 aliphatic heterocycles. The highest BCUT2D eigenvalue weighted by molar-refractivity contribution is 5.94. The molecule has 0 heterocycles. The second-order valence-corrected chi connectivity index (χ2v) is 3.86. The average Bonchev–Trinajstić information content (AvgIpc) is 2.02. The number of hydrogen-bond donors (Lipinski definition) is 2. The van der Waals surface area contributed by atoms with Gasteiger partial charge in [-0.1, -0.05) is 12.2 Å². The number of Topliss-reactive ketones (excluding diaryl/α,β-unsaturated/α-hetero) is 1. The molecule has 0 aromatic carbocycles. The van der Waals surface area contributed by atoms with Gasteiger partial charge in [0.15, 0.2) is 5.78 Å². The first-order valence-electron chi connectivity index (χ1n) is 4.49. The van der Waals surface area contributed by atoms with Gasteiger partial charge in [-0.2, -0.15) is 0 Å². The van der Waals surface area contributed by atoms with Crippen LogP contribution in [0.25, 0.3) is 0 Å². The number of hydrogen-bond acceptors (Lipinski definition) is 3. The predicted molar refractivity (Wildman–Crippen MR) is 55.9 cm³/mol. The maximum absolute atomic E-state index is 11.7. The summed E-state index contributed by atoms with van der Waals surface area (Å²) in [6.45, 7) is 9.62. The molecular weight excluding hydrogens is 180 g/mol. The zero-order chi connectivity index (χ0) is 11.4. The van der Waals surface area contributed by atoms with Crippen LogP contribution in [-0.2, 0) is 4.79 Å². The number of ketones is 1. The second kappa shape index (κ2) is 4.53. The Bertz CT molecular complexity index is 215. The molecule has 0 aromatic rings. The van der Waals surface area contributed by atoms with Crippen LogP contribution in [0.4, 0.5) is 0 Å². The summed E-state index contributed by atoms with van der Waals surface area (Å²) in [4.78, 5) is 11.7. The van der Waals surface area contributed by atoms with Crippen molar-refractivity contribution in [3.8, 4) is 0 Å². The largest absolute Gasteiger partial charge is 0.382 e. The Morgan fingerprint density at radius 2 is 1.43 bits per heavy atom. The Morgan fingerprint density at radius 3 is 1.64 bits per heavy atom. The molecule has 0 aliphatic rings. The number of carbonyl (C=O) groups excluding carboxylic acids is 1. The van der Waals surface area contributed by atoms with E-state index in [0.29, 0.717) is 0 Å². The summed E-state index contributed by atoms with van der Waals surface area (Å²) in [7, 11) is 0. The minimum atomic E-state index is -1.56. The normalized spacial score (nSPS) is 19.1. The van der Waals surface area contributed by atoms with Crippen LogP contribution >= 0.6 is 0 Å². The van der Waals surface area contributed by atoms with E-state index in [1.807, 2.05) is 0 Å². The fourth-order valence-corrected chi connectivity index (χ4v) is 1.33. The number of carbonyl (C=O) groups is 1.